The second-order valence-electron chi connectivity index (χ2n) is 5.03. The SMILES string of the molecule is CCC1CCCN1CC(C)(C)C(=O)NN. The number of hydrazine groups is 1. The zero-order valence-electron chi connectivity index (χ0n) is 10.0. The molecule has 1 heterocycles. The maximum atomic E-state index is 11.6. The molecule has 1 saturated heterocycles. The van der Waals surface area contributed by atoms with Gasteiger partial charge < -0.3 is 0 Å². The Morgan fingerprint density at radius 2 is 2.27 bits per heavy atom. The molecule has 3 N–H and O–H groups in total. The summed E-state index contributed by atoms with van der Waals surface area (Å²) in [6.45, 7) is 8.01. The highest BCUT2D eigenvalue weighted by Crippen LogP contribution is 2.25. The van der Waals surface area contributed by atoms with Crippen LogP contribution in [0.1, 0.15) is 40.0 Å². The number of carbonyl (C=O) groups excluding carboxylic acids is 1. The monoisotopic (exact) mass is 213 g/mol. The average molecular weight is 213 g/mol. The molecule has 0 aliphatic carbocycles. The van der Waals surface area contributed by atoms with E-state index in [1.54, 1.807) is 0 Å². The number of amides is 1. The molecule has 1 rings (SSSR count). The first-order valence-electron chi connectivity index (χ1n) is 5.76. The lowest BCUT2D eigenvalue weighted by Crippen LogP contribution is -2.48. The highest BCUT2D eigenvalue weighted by molar-refractivity contribution is 5.81. The lowest BCUT2D eigenvalue weighted by molar-refractivity contribution is -0.130. The third-order valence-electron chi connectivity index (χ3n) is 3.31. The van der Waals surface area contributed by atoms with Crippen LogP contribution >= 0.6 is 0 Å². The zero-order valence-corrected chi connectivity index (χ0v) is 10.0. The third-order valence-corrected chi connectivity index (χ3v) is 3.31. The highest BCUT2D eigenvalue weighted by atomic mass is 16.2. The van der Waals surface area contributed by atoms with Crippen molar-refractivity contribution in [3.8, 4) is 0 Å². The Bertz CT molecular complexity index is 228. The van der Waals surface area contributed by atoms with Gasteiger partial charge in [-0.15, -0.1) is 0 Å². The molecule has 1 amide bonds. The third kappa shape index (κ3) is 2.92. The minimum atomic E-state index is -0.396. The summed E-state index contributed by atoms with van der Waals surface area (Å²) in [6.07, 6.45) is 3.68. The van der Waals surface area contributed by atoms with E-state index in [4.69, 9.17) is 5.84 Å². The lowest BCUT2D eigenvalue weighted by atomic mass is 9.91. The number of hydrogen-bond donors (Lipinski definition) is 2. The lowest BCUT2D eigenvalue weighted by Gasteiger charge is -2.31. The fourth-order valence-corrected chi connectivity index (χ4v) is 2.34. The summed E-state index contributed by atoms with van der Waals surface area (Å²) < 4.78 is 0. The van der Waals surface area contributed by atoms with Gasteiger partial charge in [-0.3, -0.25) is 15.1 Å². The van der Waals surface area contributed by atoms with Crippen LogP contribution in [0.2, 0.25) is 0 Å². The summed E-state index contributed by atoms with van der Waals surface area (Å²) >= 11 is 0. The van der Waals surface area contributed by atoms with E-state index in [1.807, 2.05) is 13.8 Å². The van der Waals surface area contributed by atoms with Gasteiger partial charge in [0.25, 0.3) is 0 Å². The van der Waals surface area contributed by atoms with Crippen molar-refractivity contribution in [3.63, 3.8) is 0 Å². The first-order chi connectivity index (χ1) is 7.01. The zero-order chi connectivity index (χ0) is 11.5. The summed E-state index contributed by atoms with van der Waals surface area (Å²) in [6, 6.07) is 0.648. The molecule has 1 fully saturated rings. The van der Waals surface area contributed by atoms with Gasteiger partial charge in [-0.2, -0.15) is 0 Å². The molecule has 0 aromatic heterocycles. The Kier molecular flexibility index (Phi) is 4.11. The summed E-state index contributed by atoms with van der Waals surface area (Å²) in [5.74, 6) is 5.10. The van der Waals surface area contributed by atoms with E-state index in [0.717, 1.165) is 13.1 Å². The number of hydrogen-bond acceptors (Lipinski definition) is 3. The Balaban J connectivity index is 2.56. The summed E-state index contributed by atoms with van der Waals surface area (Å²) in [4.78, 5) is 14.0. The van der Waals surface area contributed by atoms with Crippen LogP contribution in [0.4, 0.5) is 0 Å². The van der Waals surface area contributed by atoms with Crippen molar-refractivity contribution in [2.45, 2.75) is 46.1 Å². The quantitative estimate of drug-likeness (QED) is 0.414. The van der Waals surface area contributed by atoms with Gasteiger partial charge in [-0.25, -0.2) is 5.84 Å². The number of likely N-dealkylation sites (tertiary alicyclic amines) is 1. The van der Waals surface area contributed by atoms with Crippen LogP contribution in [-0.4, -0.2) is 29.9 Å². The van der Waals surface area contributed by atoms with Crippen LogP contribution in [0.5, 0.6) is 0 Å². The molecule has 1 atom stereocenters. The number of nitrogens with one attached hydrogen (secondary N) is 1. The van der Waals surface area contributed by atoms with Crippen molar-refractivity contribution in [2.24, 2.45) is 11.3 Å². The normalized spacial score (nSPS) is 23.1. The first kappa shape index (κ1) is 12.5. The van der Waals surface area contributed by atoms with E-state index >= 15 is 0 Å². The van der Waals surface area contributed by atoms with E-state index in [-0.39, 0.29) is 5.91 Å². The first-order valence-corrected chi connectivity index (χ1v) is 5.76. The molecular formula is C11H23N3O. The van der Waals surface area contributed by atoms with Crippen LogP contribution in [0.25, 0.3) is 0 Å². The van der Waals surface area contributed by atoms with Gasteiger partial charge in [0, 0.05) is 12.6 Å². The molecule has 0 aromatic carbocycles. The van der Waals surface area contributed by atoms with Crippen molar-refractivity contribution in [2.75, 3.05) is 13.1 Å². The maximum absolute atomic E-state index is 11.6. The summed E-state index contributed by atoms with van der Waals surface area (Å²) in [5, 5.41) is 0. The van der Waals surface area contributed by atoms with Crippen molar-refractivity contribution < 1.29 is 4.79 Å². The van der Waals surface area contributed by atoms with Crippen LogP contribution < -0.4 is 11.3 Å². The van der Waals surface area contributed by atoms with Crippen molar-refractivity contribution in [1.82, 2.24) is 10.3 Å². The van der Waals surface area contributed by atoms with E-state index in [2.05, 4.69) is 17.2 Å². The van der Waals surface area contributed by atoms with Crippen LogP contribution in [0, 0.1) is 5.41 Å². The predicted octanol–water partition coefficient (Wildman–Crippen LogP) is 0.877. The van der Waals surface area contributed by atoms with Gasteiger partial charge in [0.05, 0.1) is 5.41 Å². The van der Waals surface area contributed by atoms with E-state index in [9.17, 15) is 4.79 Å². The molecule has 15 heavy (non-hydrogen) atoms. The number of nitrogens with two attached hydrogens (primary N) is 1. The van der Waals surface area contributed by atoms with E-state index in [0.29, 0.717) is 6.04 Å². The Morgan fingerprint density at radius 1 is 1.60 bits per heavy atom. The summed E-state index contributed by atoms with van der Waals surface area (Å²) in [5.41, 5.74) is 1.85. The van der Waals surface area contributed by atoms with Gasteiger partial charge in [0.2, 0.25) is 5.91 Å². The Labute approximate surface area is 92.2 Å². The van der Waals surface area contributed by atoms with Crippen molar-refractivity contribution >= 4 is 5.91 Å². The molecule has 0 saturated carbocycles. The van der Waals surface area contributed by atoms with E-state index < -0.39 is 5.41 Å². The fourth-order valence-electron chi connectivity index (χ4n) is 2.34. The number of rotatable bonds is 4. The molecule has 0 radical (unpaired) electrons. The number of nitrogens with zero attached hydrogens (tertiary/aromatic N) is 1. The highest BCUT2D eigenvalue weighted by Gasteiger charge is 2.33. The standard InChI is InChI=1S/C11H23N3O/c1-4-9-6-5-7-14(9)8-11(2,3)10(15)13-12/h9H,4-8,12H2,1-3H3,(H,13,15). The molecule has 1 unspecified atom stereocenters. The van der Waals surface area contributed by atoms with Gasteiger partial charge >= 0.3 is 0 Å². The predicted molar refractivity (Wildman–Crippen MR) is 61.0 cm³/mol. The number of carbonyl (C=O) groups is 1. The molecular weight excluding hydrogens is 190 g/mol. The van der Waals surface area contributed by atoms with E-state index in [1.165, 1.54) is 19.3 Å². The van der Waals surface area contributed by atoms with Crippen molar-refractivity contribution in [1.29, 1.82) is 0 Å². The largest absolute Gasteiger partial charge is 0.299 e. The minimum absolute atomic E-state index is 0.0794. The maximum Gasteiger partial charge on any atom is 0.240 e. The van der Waals surface area contributed by atoms with Crippen LogP contribution in [0.15, 0.2) is 0 Å². The Morgan fingerprint density at radius 3 is 2.80 bits per heavy atom. The van der Waals surface area contributed by atoms with Gasteiger partial charge in [-0.05, 0) is 39.7 Å². The molecule has 0 aromatic rings. The van der Waals surface area contributed by atoms with Crippen LogP contribution in [0.3, 0.4) is 0 Å². The Hall–Kier alpha value is -0.610. The molecule has 0 spiro atoms. The van der Waals surface area contributed by atoms with Crippen molar-refractivity contribution in [3.05, 3.63) is 0 Å². The second kappa shape index (κ2) is 4.94. The molecule has 4 nitrogen and oxygen atoms in total. The fraction of sp³-hybridized carbons (Fsp3) is 0.909. The summed E-state index contributed by atoms with van der Waals surface area (Å²) in [7, 11) is 0. The minimum Gasteiger partial charge on any atom is -0.299 e. The molecule has 0 bridgehead atoms. The molecule has 4 heteroatoms. The van der Waals surface area contributed by atoms with Crippen LogP contribution in [-0.2, 0) is 4.79 Å². The molecule has 1 aliphatic rings. The second-order valence-corrected chi connectivity index (χ2v) is 5.03. The average Bonchev–Trinajstić information content (AvgIpc) is 2.63. The van der Waals surface area contributed by atoms with Gasteiger partial charge in [-0.1, -0.05) is 6.92 Å². The van der Waals surface area contributed by atoms with Gasteiger partial charge in [0.15, 0.2) is 0 Å². The van der Waals surface area contributed by atoms with Gasteiger partial charge in [0.1, 0.15) is 0 Å². The smallest absolute Gasteiger partial charge is 0.240 e. The topological polar surface area (TPSA) is 58.4 Å². The molecule has 1 aliphatic heterocycles. The molecule has 88 valence electrons.